The van der Waals surface area contributed by atoms with Crippen LogP contribution in [0.25, 0.3) is 0 Å². The summed E-state index contributed by atoms with van der Waals surface area (Å²) in [5.74, 6) is 1.12. The fraction of sp³-hybridized carbons (Fsp3) is 0.923. The van der Waals surface area contributed by atoms with Crippen LogP contribution < -0.4 is 5.32 Å². The van der Waals surface area contributed by atoms with Crippen molar-refractivity contribution in [2.75, 3.05) is 13.1 Å². The SMILES string of the molecule is CC(C)(C)CCC(=O)CC1CCNCC1. The Kier molecular flexibility index (Phi) is 4.78. The van der Waals surface area contributed by atoms with E-state index in [1.165, 1.54) is 12.8 Å². The van der Waals surface area contributed by atoms with Crippen molar-refractivity contribution >= 4 is 5.78 Å². The summed E-state index contributed by atoms with van der Waals surface area (Å²) in [4.78, 5) is 11.7. The largest absolute Gasteiger partial charge is 0.317 e. The van der Waals surface area contributed by atoms with E-state index in [2.05, 4.69) is 26.1 Å². The van der Waals surface area contributed by atoms with Gasteiger partial charge in [0, 0.05) is 12.8 Å². The van der Waals surface area contributed by atoms with E-state index in [9.17, 15) is 4.79 Å². The number of ketones is 1. The number of piperidine rings is 1. The van der Waals surface area contributed by atoms with Crippen molar-refractivity contribution in [2.45, 2.75) is 52.9 Å². The Balaban J connectivity index is 2.17. The monoisotopic (exact) mass is 211 g/mol. The van der Waals surface area contributed by atoms with Crippen molar-refractivity contribution in [2.24, 2.45) is 11.3 Å². The van der Waals surface area contributed by atoms with Crippen molar-refractivity contribution in [1.82, 2.24) is 5.32 Å². The van der Waals surface area contributed by atoms with Gasteiger partial charge in [-0.2, -0.15) is 0 Å². The van der Waals surface area contributed by atoms with Crippen LogP contribution in [-0.4, -0.2) is 18.9 Å². The summed E-state index contributed by atoms with van der Waals surface area (Å²) in [6.45, 7) is 8.79. The van der Waals surface area contributed by atoms with Gasteiger partial charge in [-0.05, 0) is 43.7 Å². The fourth-order valence-corrected chi connectivity index (χ4v) is 2.02. The molecule has 0 radical (unpaired) electrons. The average molecular weight is 211 g/mol. The second-order valence-corrected chi connectivity index (χ2v) is 6.00. The van der Waals surface area contributed by atoms with Crippen molar-refractivity contribution in [3.8, 4) is 0 Å². The fourth-order valence-electron chi connectivity index (χ4n) is 2.02. The molecule has 0 aromatic rings. The Hall–Kier alpha value is -0.370. The predicted octanol–water partition coefficient (Wildman–Crippen LogP) is 2.77. The molecule has 1 N–H and O–H groups in total. The second-order valence-electron chi connectivity index (χ2n) is 6.00. The van der Waals surface area contributed by atoms with Gasteiger partial charge in [-0.1, -0.05) is 20.8 Å². The highest BCUT2D eigenvalue weighted by atomic mass is 16.1. The molecule has 2 heteroatoms. The Bertz CT molecular complexity index is 199. The summed E-state index contributed by atoms with van der Waals surface area (Å²) in [7, 11) is 0. The Morgan fingerprint density at radius 1 is 1.27 bits per heavy atom. The number of hydrogen-bond acceptors (Lipinski definition) is 2. The molecule has 0 spiro atoms. The molecule has 0 amide bonds. The van der Waals surface area contributed by atoms with E-state index in [0.717, 1.165) is 32.4 Å². The van der Waals surface area contributed by atoms with Crippen LogP contribution in [0.2, 0.25) is 0 Å². The van der Waals surface area contributed by atoms with Crippen molar-refractivity contribution in [3.05, 3.63) is 0 Å². The number of carbonyl (C=O) groups is 1. The third-order valence-electron chi connectivity index (χ3n) is 3.13. The van der Waals surface area contributed by atoms with Crippen LogP contribution in [0.1, 0.15) is 52.9 Å². The van der Waals surface area contributed by atoms with E-state index in [0.29, 0.717) is 17.1 Å². The van der Waals surface area contributed by atoms with E-state index in [-0.39, 0.29) is 0 Å². The molecule has 88 valence electrons. The molecule has 2 nitrogen and oxygen atoms in total. The van der Waals surface area contributed by atoms with E-state index in [1.807, 2.05) is 0 Å². The molecule has 0 aliphatic carbocycles. The molecule has 1 aliphatic heterocycles. The van der Waals surface area contributed by atoms with Gasteiger partial charge in [0.15, 0.2) is 0 Å². The summed E-state index contributed by atoms with van der Waals surface area (Å²) in [5.41, 5.74) is 0.295. The Labute approximate surface area is 93.8 Å². The molecular weight excluding hydrogens is 186 g/mol. The highest BCUT2D eigenvalue weighted by Crippen LogP contribution is 2.23. The van der Waals surface area contributed by atoms with E-state index >= 15 is 0 Å². The normalized spacial score (nSPS) is 19.1. The number of carbonyl (C=O) groups excluding carboxylic acids is 1. The summed E-state index contributed by atoms with van der Waals surface area (Å²) >= 11 is 0. The van der Waals surface area contributed by atoms with Crippen molar-refractivity contribution in [1.29, 1.82) is 0 Å². The first-order chi connectivity index (χ1) is 6.97. The number of nitrogens with one attached hydrogen (secondary N) is 1. The lowest BCUT2D eigenvalue weighted by molar-refractivity contribution is -0.120. The van der Waals surface area contributed by atoms with Gasteiger partial charge in [-0.25, -0.2) is 0 Å². The van der Waals surface area contributed by atoms with Crippen LogP contribution in [0.5, 0.6) is 0 Å². The first kappa shape index (κ1) is 12.7. The summed E-state index contributed by atoms with van der Waals surface area (Å²) in [5, 5.41) is 3.33. The summed E-state index contributed by atoms with van der Waals surface area (Å²) in [6.07, 6.45) is 4.98. The minimum absolute atomic E-state index is 0.295. The lowest BCUT2D eigenvalue weighted by Gasteiger charge is -2.23. The maximum atomic E-state index is 11.7. The molecule has 1 heterocycles. The molecule has 15 heavy (non-hydrogen) atoms. The molecule has 1 aliphatic rings. The van der Waals surface area contributed by atoms with E-state index < -0.39 is 0 Å². The Morgan fingerprint density at radius 2 is 1.87 bits per heavy atom. The van der Waals surface area contributed by atoms with Gasteiger partial charge in [0.1, 0.15) is 5.78 Å². The van der Waals surface area contributed by atoms with Gasteiger partial charge >= 0.3 is 0 Å². The molecule has 1 fully saturated rings. The van der Waals surface area contributed by atoms with Gasteiger partial charge in [0.25, 0.3) is 0 Å². The summed E-state index contributed by atoms with van der Waals surface area (Å²) in [6, 6.07) is 0. The van der Waals surface area contributed by atoms with E-state index in [1.54, 1.807) is 0 Å². The molecule has 1 saturated heterocycles. The molecular formula is C13H25NO. The molecule has 0 saturated carbocycles. The van der Waals surface area contributed by atoms with Gasteiger partial charge < -0.3 is 5.32 Å². The van der Waals surface area contributed by atoms with Crippen molar-refractivity contribution < 1.29 is 4.79 Å². The quantitative estimate of drug-likeness (QED) is 0.774. The van der Waals surface area contributed by atoms with Gasteiger partial charge in [0.2, 0.25) is 0 Å². The Morgan fingerprint density at radius 3 is 2.40 bits per heavy atom. The lowest BCUT2D eigenvalue weighted by atomic mass is 9.86. The molecule has 0 atom stereocenters. The highest BCUT2D eigenvalue weighted by Gasteiger charge is 2.18. The van der Waals surface area contributed by atoms with E-state index in [4.69, 9.17) is 0 Å². The van der Waals surface area contributed by atoms with Crippen molar-refractivity contribution in [3.63, 3.8) is 0 Å². The predicted molar refractivity (Wildman–Crippen MR) is 63.9 cm³/mol. The van der Waals surface area contributed by atoms with Crippen LogP contribution in [0, 0.1) is 11.3 Å². The molecule has 0 aromatic carbocycles. The number of Topliss-reactive ketones (excluding diaryl/α,β-unsaturated/α-hetero) is 1. The first-order valence-electron chi connectivity index (χ1n) is 6.20. The van der Waals surface area contributed by atoms with Crippen LogP contribution in [-0.2, 0) is 4.79 Å². The van der Waals surface area contributed by atoms with Crippen LogP contribution >= 0.6 is 0 Å². The topological polar surface area (TPSA) is 29.1 Å². The number of rotatable bonds is 4. The third-order valence-corrected chi connectivity index (χ3v) is 3.13. The average Bonchev–Trinajstić information content (AvgIpc) is 2.15. The lowest BCUT2D eigenvalue weighted by Crippen LogP contribution is -2.29. The smallest absolute Gasteiger partial charge is 0.133 e. The van der Waals surface area contributed by atoms with Crippen LogP contribution in [0.4, 0.5) is 0 Å². The molecule has 0 bridgehead atoms. The van der Waals surface area contributed by atoms with Crippen LogP contribution in [0.3, 0.4) is 0 Å². The highest BCUT2D eigenvalue weighted by molar-refractivity contribution is 5.78. The maximum absolute atomic E-state index is 11.7. The zero-order valence-corrected chi connectivity index (χ0v) is 10.4. The zero-order valence-electron chi connectivity index (χ0n) is 10.4. The first-order valence-corrected chi connectivity index (χ1v) is 6.20. The minimum atomic E-state index is 0.295. The zero-order chi connectivity index (χ0) is 11.3. The minimum Gasteiger partial charge on any atom is -0.317 e. The third kappa shape index (κ3) is 5.93. The molecule has 0 unspecified atom stereocenters. The standard InChI is InChI=1S/C13H25NO/c1-13(2,3)7-4-12(15)10-11-5-8-14-9-6-11/h11,14H,4-10H2,1-3H3. The molecule has 0 aromatic heterocycles. The van der Waals surface area contributed by atoms with Gasteiger partial charge in [-0.3, -0.25) is 4.79 Å². The van der Waals surface area contributed by atoms with Gasteiger partial charge in [-0.15, -0.1) is 0 Å². The maximum Gasteiger partial charge on any atom is 0.133 e. The molecule has 1 rings (SSSR count). The van der Waals surface area contributed by atoms with Gasteiger partial charge in [0.05, 0.1) is 0 Å². The number of hydrogen-bond donors (Lipinski definition) is 1. The summed E-state index contributed by atoms with van der Waals surface area (Å²) < 4.78 is 0. The second kappa shape index (κ2) is 5.64. The van der Waals surface area contributed by atoms with Crippen LogP contribution in [0.15, 0.2) is 0 Å².